The molecule has 1 aromatic carbocycles. The molecule has 198 valence electrons. The van der Waals surface area contributed by atoms with E-state index in [0.717, 1.165) is 29.3 Å². The average molecular weight is 529 g/mol. The van der Waals surface area contributed by atoms with Crippen LogP contribution in [0, 0.1) is 19.7 Å². The lowest BCUT2D eigenvalue weighted by Crippen LogP contribution is -2.06. The van der Waals surface area contributed by atoms with Crippen molar-refractivity contribution in [3.63, 3.8) is 0 Å². The van der Waals surface area contributed by atoms with Gasteiger partial charge in [-0.15, -0.1) is 0 Å². The van der Waals surface area contributed by atoms with E-state index in [2.05, 4.69) is 24.9 Å². The maximum atomic E-state index is 15.1. The van der Waals surface area contributed by atoms with Gasteiger partial charge in [0.2, 0.25) is 11.8 Å². The van der Waals surface area contributed by atoms with Gasteiger partial charge in [0.05, 0.1) is 18.4 Å². The van der Waals surface area contributed by atoms with Crippen LogP contribution < -0.4 is 9.47 Å². The summed E-state index contributed by atoms with van der Waals surface area (Å²) < 4.78 is 66.9. The Balaban J connectivity index is 1.42. The standard InChI is InChI=1S/C26H24F4N6O2/c1-13-7-15(8-17(27)19(13)23-34-18(10-36(23)3)26(28,29)30)11-38-24-14(2)9-31-22(35-24)20-21(16-5-6-16)32-12-33-25(20)37-4/h7-10,12,16H,5-6,11H2,1-4H3. The van der Waals surface area contributed by atoms with Gasteiger partial charge in [0.1, 0.15) is 30.1 Å². The fourth-order valence-corrected chi connectivity index (χ4v) is 4.28. The summed E-state index contributed by atoms with van der Waals surface area (Å²) in [7, 11) is 2.91. The summed E-state index contributed by atoms with van der Waals surface area (Å²) in [5, 5.41) is 0. The lowest BCUT2D eigenvalue weighted by molar-refractivity contribution is -0.140. The lowest BCUT2D eigenvalue weighted by atomic mass is 10.0. The number of imidazole rings is 1. The van der Waals surface area contributed by atoms with Crippen molar-refractivity contribution >= 4 is 0 Å². The van der Waals surface area contributed by atoms with Gasteiger partial charge < -0.3 is 14.0 Å². The SMILES string of the molecule is COc1ncnc(C2CC2)c1-c1ncc(C)c(OCc2cc(C)c(-c3nc(C(F)(F)F)cn3C)c(F)c2)n1. The van der Waals surface area contributed by atoms with Gasteiger partial charge in [0.25, 0.3) is 0 Å². The van der Waals surface area contributed by atoms with E-state index in [1.807, 2.05) is 0 Å². The van der Waals surface area contributed by atoms with Crippen LogP contribution in [0.1, 0.15) is 46.8 Å². The van der Waals surface area contributed by atoms with Crippen LogP contribution in [0.2, 0.25) is 0 Å². The molecule has 0 bridgehead atoms. The molecule has 8 nitrogen and oxygen atoms in total. The monoisotopic (exact) mass is 528 g/mol. The zero-order valence-electron chi connectivity index (χ0n) is 21.1. The topological polar surface area (TPSA) is 87.8 Å². The summed E-state index contributed by atoms with van der Waals surface area (Å²) in [4.78, 5) is 21.3. The third kappa shape index (κ3) is 4.90. The molecule has 5 rings (SSSR count). The number of nitrogens with zero attached hydrogens (tertiary/aromatic N) is 6. The minimum atomic E-state index is -4.63. The molecule has 0 aliphatic heterocycles. The number of aromatic nitrogens is 6. The van der Waals surface area contributed by atoms with Crippen molar-refractivity contribution in [2.45, 2.75) is 45.4 Å². The van der Waals surface area contributed by atoms with Gasteiger partial charge in [-0.2, -0.15) is 18.2 Å². The predicted molar refractivity (Wildman–Crippen MR) is 129 cm³/mol. The molecule has 0 atom stereocenters. The summed E-state index contributed by atoms with van der Waals surface area (Å²) in [6.45, 7) is 3.37. The minimum absolute atomic E-state index is 0.00368. The Morgan fingerprint density at radius 2 is 1.76 bits per heavy atom. The molecule has 1 fully saturated rings. The number of halogens is 4. The number of alkyl halides is 3. The van der Waals surface area contributed by atoms with Gasteiger partial charge in [-0.3, -0.25) is 0 Å². The molecule has 0 amide bonds. The molecule has 0 N–H and O–H groups in total. The Kier molecular flexibility index (Phi) is 6.49. The van der Waals surface area contributed by atoms with Crippen molar-refractivity contribution in [2.75, 3.05) is 7.11 Å². The number of benzene rings is 1. The van der Waals surface area contributed by atoms with Crippen LogP contribution in [-0.2, 0) is 19.8 Å². The summed E-state index contributed by atoms with van der Waals surface area (Å²) in [6, 6.07) is 2.87. The minimum Gasteiger partial charge on any atom is -0.480 e. The highest BCUT2D eigenvalue weighted by Crippen LogP contribution is 2.45. The quantitative estimate of drug-likeness (QED) is 0.290. The molecule has 0 unspecified atom stereocenters. The first-order chi connectivity index (χ1) is 18.1. The van der Waals surface area contributed by atoms with Gasteiger partial charge in [-0.25, -0.2) is 24.3 Å². The Labute approximate surface area is 215 Å². The zero-order chi connectivity index (χ0) is 27.2. The largest absolute Gasteiger partial charge is 0.480 e. The first-order valence-electron chi connectivity index (χ1n) is 11.8. The van der Waals surface area contributed by atoms with Gasteiger partial charge >= 0.3 is 6.18 Å². The molecule has 0 radical (unpaired) electrons. The molecule has 12 heteroatoms. The highest BCUT2D eigenvalue weighted by atomic mass is 19.4. The molecule has 3 aromatic heterocycles. The Bertz CT molecular complexity index is 1490. The number of methoxy groups -OCH3 is 1. The lowest BCUT2D eigenvalue weighted by Gasteiger charge is -2.14. The molecule has 4 aromatic rings. The van der Waals surface area contributed by atoms with Gasteiger partial charge in [0.15, 0.2) is 11.5 Å². The molecule has 0 saturated heterocycles. The third-order valence-electron chi connectivity index (χ3n) is 6.26. The van der Waals surface area contributed by atoms with E-state index in [1.54, 1.807) is 26.1 Å². The van der Waals surface area contributed by atoms with E-state index in [-0.39, 0.29) is 18.0 Å². The molecule has 0 spiro atoms. The van der Waals surface area contributed by atoms with Crippen molar-refractivity contribution in [1.29, 1.82) is 0 Å². The van der Waals surface area contributed by atoms with Crippen LogP contribution in [0.5, 0.6) is 11.8 Å². The molecule has 1 saturated carbocycles. The summed E-state index contributed by atoms with van der Waals surface area (Å²) in [5.74, 6) is 0.508. The van der Waals surface area contributed by atoms with Gasteiger partial charge in [-0.1, -0.05) is 6.07 Å². The summed E-state index contributed by atoms with van der Waals surface area (Å²) in [5.41, 5.74) is 1.92. The maximum absolute atomic E-state index is 15.1. The van der Waals surface area contributed by atoms with E-state index < -0.39 is 17.7 Å². The molecule has 1 aliphatic rings. The molecule has 1 aliphatic carbocycles. The van der Waals surface area contributed by atoms with Gasteiger partial charge in [-0.05, 0) is 43.9 Å². The van der Waals surface area contributed by atoms with Crippen LogP contribution in [0.15, 0.2) is 30.9 Å². The van der Waals surface area contributed by atoms with Crippen LogP contribution in [-0.4, -0.2) is 36.6 Å². The van der Waals surface area contributed by atoms with E-state index in [0.29, 0.717) is 45.8 Å². The van der Waals surface area contributed by atoms with E-state index in [4.69, 9.17) is 9.47 Å². The second-order valence-electron chi connectivity index (χ2n) is 9.22. The molecular weight excluding hydrogens is 504 g/mol. The Morgan fingerprint density at radius 1 is 1.00 bits per heavy atom. The highest BCUT2D eigenvalue weighted by molar-refractivity contribution is 5.66. The van der Waals surface area contributed by atoms with E-state index in [9.17, 15) is 13.2 Å². The van der Waals surface area contributed by atoms with Crippen LogP contribution in [0.4, 0.5) is 17.6 Å². The Hall–Kier alpha value is -4.09. The van der Waals surface area contributed by atoms with E-state index in [1.165, 1.54) is 26.6 Å². The fraction of sp³-hybridized carbons (Fsp3) is 0.346. The molecule has 3 heterocycles. The number of hydrogen-bond acceptors (Lipinski definition) is 7. The van der Waals surface area contributed by atoms with Crippen LogP contribution in [0.3, 0.4) is 0 Å². The number of ether oxygens (including phenoxy) is 2. The van der Waals surface area contributed by atoms with E-state index >= 15 is 4.39 Å². The van der Waals surface area contributed by atoms with Crippen LogP contribution in [0.25, 0.3) is 22.8 Å². The van der Waals surface area contributed by atoms with Crippen molar-refractivity contribution < 1.29 is 27.0 Å². The van der Waals surface area contributed by atoms with Crippen molar-refractivity contribution in [1.82, 2.24) is 29.5 Å². The first kappa shape index (κ1) is 25.6. The second kappa shape index (κ2) is 9.66. The zero-order valence-corrected chi connectivity index (χ0v) is 21.1. The Morgan fingerprint density at radius 3 is 2.39 bits per heavy atom. The number of hydrogen-bond donors (Lipinski definition) is 0. The fourth-order valence-electron chi connectivity index (χ4n) is 4.28. The number of aryl methyl sites for hydroxylation is 3. The number of rotatable bonds is 7. The second-order valence-corrected chi connectivity index (χ2v) is 9.22. The third-order valence-corrected chi connectivity index (χ3v) is 6.26. The molecular formula is C26H24F4N6O2. The maximum Gasteiger partial charge on any atom is 0.434 e. The predicted octanol–water partition coefficient (Wildman–Crippen LogP) is 5.57. The van der Waals surface area contributed by atoms with Crippen LogP contribution >= 0.6 is 0 Å². The molecule has 38 heavy (non-hydrogen) atoms. The highest BCUT2D eigenvalue weighted by Gasteiger charge is 2.35. The summed E-state index contributed by atoms with van der Waals surface area (Å²) in [6.07, 6.45) is 1.31. The van der Waals surface area contributed by atoms with Crippen molar-refractivity contribution in [3.05, 3.63) is 64.7 Å². The average Bonchev–Trinajstić information content (AvgIpc) is 3.64. The normalized spacial score (nSPS) is 13.6. The first-order valence-corrected chi connectivity index (χ1v) is 11.8. The smallest absolute Gasteiger partial charge is 0.434 e. The van der Waals surface area contributed by atoms with Gasteiger partial charge in [0, 0.05) is 30.9 Å². The summed E-state index contributed by atoms with van der Waals surface area (Å²) >= 11 is 0. The van der Waals surface area contributed by atoms with Crippen molar-refractivity contribution in [2.24, 2.45) is 7.05 Å². The van der Waals surface area contributed by atoms with Crippen molar-refractivity contribution in [3.8, 4) is 34.5 Å².